The van der Waals surface area contributed by atoms with E-state index in [2.05, 4.69) is 12.2 Å². The van der Waals surface area contributed by atoms with Gasteiger partial charge in [-0.2, -0.15) is 11.8 Å². The molecule has 1 saturated carbocycles. The van der Waals surface area contributed by atoms with E-state index in [0.29, 0.717) is 28.6 Å². The average Bonchev–Trinajstić information content (AvgIpc) is 2.92. The number of nitrogens with one attached hydrogen (secondary N) is 1. The van der Waals surface area contributed by atoms with Gasteiger partial charge in [-0.3, -0.25) is 0 Å². The molecule has 3 unspecified atom stereocenters. The maximum absolute atomic E-state index is 10.0. The van der Waals surface area contributed by atoms with Crippen LogP contribution in [0, 0.1) is 0 Å². The minimum atomic E-state index is -0.519. The van der Waals surface area contributed by atoms with Gasteiger partial charge < -0.3 is 15.2 Å². The Balaban J connectivity index is 1.70. The highest BCUT2D eigenvalue weighted by Crippen LogP contribution is 2.29. The first kappa shape index (κ1) is 16.9. The number of hydrogen-bond acceptors (Lipinski definition) is 4. The molecule has 1 aliphatic carbocycles. The van der Waals surface area contributed by atoms with E-state index in [-0.39, 0.29) is 6.61 Å². The van der Waals surface area contributed by atoms with Gasteiger partial charge in [0.15, 0.2) is 0 Å². The first-order valence-electron chi connectivity index (χ1n) is 7.61. The summed E-state index contributed by atoms with van der Waals surface area (Å²) in [5.41, 5.74) is 0. The zero-order valence-electron chi connectivity index (χ0n) is 12.4. The van der Waals surface area contributed by atoms with Gasteiger partial charge in [0.2, 0.25) is 0 Å². The Bertz CT molecular complexity index is 432. The van der Waals surface area contributed by atoms with Crippen molar-refractivity contribution in [1.82, 2.24) is 5.32 Å². The highest BCUT2D eigenvalue weighted by molar-refractivity contribution is 7.99. The average molecular weight is 330 g/mol. The Kier molecular flexibility index (Phi) is 7.17. The Labute approximate surface area is 136 Å². The van der Waals surface area contributed by atoms with Crippen molar-refractivity contribution in [3.05, 3.63) is 29.3 Å². The molecule has 3 atom stereocenters. The van der Waals surface area contributed by atoms with E-state index >= 15 is 0 Å². The molecule has 0 heterocycles. The summed E-state index contributed by atoms with van der Waals surface area (Å²) in [5, 5.41) is 14.8. The molecule has 1 aliphatic rings. The molecule has 0 radical (unpaired) electrons. The van der Waals surface area contributed by atoms with Gasteiger partial charge in [-0.25, -0.2) is 0 Å². The molecular formula is C16H24ClNO2S. The summed E-state index contributed by atoms with van der Waals surface area (Å²) < 4.78 is 5.56. The van der Waals surface area contributed by atoms with Gasteiger partial charge in [0.1, 0.15) is 18.5 Å². The SMILES string of the molecule is CCSC1CCCC1NCC(O)COc1ccccc1Cl. The summed E-state index contributed by atoms with van der Waals surface area (Å²) >= 11 is 8.04. The largest absolute Gasteiger partial charge is 0.489 e. The monoisotopic (exact) mass is 329 g/mol. The molecule has 118 valence electrons. The molecule has 0 aliphatic heterocycles. The molecule has 0 saturated heterocycles. The van der Waals surface area contributed by atoms with E-state index in [0.717, 1.165) is 5.75 Å². The lowest BCUT2D eigenvalue weighted by molar-refractivity contribution is 0.104. The smallest absolute Gasteiger partial charge is 0.138 e. The molecule has 2 N–H and O–H groups in total. The molecule has 1 fully saturated rings. The lowest BCUT2D eigenvalue weighted by atomic mass is 10.2. The molecule has 0 bridgehead atoms. The van der Waals surface area contributed by atoms with Crippen LogP contribution in [0.15, 0.2) is 24.3 Å². The second-order valence-electron chi connectivity index (χ2n) is 5.33. The molecule has 1 aromatic rings. The normalized spacial score (nSPS) is 23.2. The highest BCUT2D eigenvalue weighted by Gasteiger charge is 2.27. The van der Waals surface area contributed by atoms with Crippen molar-refractivity contribution in [2.24, 2.45) is 0 Å². The van der Waals surface area contributed by atoms with Crippen LogP contribution in [0.25, 0.3) is 0 Å². The molecule has 5 heteroatoms. The third-order valence-corrected chi connectivity index (χ3v) is 5.35. The number of rotatable bonds is 8. The van der Waals surface area contributed by atoms with E-state index in [4.69, 9.17) is 16.3 Å². The molecule has 2 rings (SSSR count). The van der Waals surface area contributed by atoms with E-state index < -0.39 is 6.10 Å². The minimum absolute atomic E-state index is 0.259. The summed E-state index contributed by atoms with van der Waals surface area (Å²) in [4.78, 5) is 0. The van der Waals surface area contributed by atoms with Gasteiger partial charge in [-0.15, -0.1) is 0 Å². The summed E-state index contributed by atoms with van der Waals surface area (Å²) in [5.74, 6) is 1.78. The van der Waals surface area contributed by atoms with E-state index in [1.165, 1.54) is 19.3 Å². The van der Waals surface area contributed by atoms with Crippen LogP contribution in [0.3, 0.4) is 0 Å². The summed E-state index contributed by atoms with van der Waals surface area (Å²) in [6, 6.07) is 7.85. The van der Waals surface area contributed by atoms with Crippen LogP contribution in [-0.4, -0.2) is 41.4 Å². The van der Waals surface area contributed by atoms with Crippen molar-refractivity contribution >= 4 is 23.4 Å². The van der Waals surface area contributed by atoms with Crippen LogP contribution >= 0.6 is 23.4 Å². The molecular weight excluding hydrogens is 306 g/mol. The van der Waals surface area contributed by atoms with Crippen LogP contribution in [0.2, 0.25) is 5.02 Å². The molecule has 3 nitrogen and oxygen atoms in total. The van der Waals surface area contributed by atoms with Gasteiger partial charge in [0, 0.05) is 17.8 Å². The van der Waals surface area contributed by atoms with Gasteiger partial charge in [-0.05, 0) is 30.7 Å². The molecule has 0 spiro atoms. The number of aliphatic hydroxyl groups excluding tert-OH is 1. The molecule has 0 aromatic heterocycles. The third kappa shape index (κ3) is 5.37. The predicted molar refractivity (Wildman–Crippen MR) is 90.5 cm³/mol. The van der Waals surface area contributed by atoms with Crippen molar-refractivity contribution in [2.75, 3.05) is 18.9 Å². The third-order valence-electron chi connectivity index (χ3n) is 3.72. The van der Waals surface area contributed by atoms with Gasteiger partial charge >= 0.3 is 0 Å². The zero-order chi connectivity index (χ0) is 15.1. The molecule has 1 aromatic carbocycles. The van der Waals surface area contributed by atoms with E-state index in [9.17, 15) is 5.11 Å². The fourth-order valence-electron chi connectivity index (χ4n) is 2.67. The van der Waals surface area contributed by atoms with Crippen molar-refractivity contribution in [2.45, 2.75) is 43.6 Å². The Morgan fingerprint density at radius 2 is 2.24 bits per heavy atom. The lowest BCUT2D eigenvalue weighted by Gasteiger charge is -2.22. The van der Waals surface area contributed by atoms with Gasteiger partial charge in [-0.1, -0.05) is 37.1 Å². The van der Waals surface area contributed by atoms with Crippen LogP contribution in [0.4, 0.5) is 0 Å². The van der Waals surface area contributed by atoms with Crippen LogP contribution in [0.5, 0.6) is 5.75 Å². The number of thioether (sulfide) groups is 1. The van der Waals surface area contributed by atoms with Gasteiger partial charge in [0.05, 0.1) is 5.02 Å². The van der Waals surface area contributed by atoms with Crippen molar-refractivity contribution in [3.8, 4) is 5.75 Å². The number of benzene rings is 1. The number of ether oxygens (including phenoxy) is 1. The summed E-state index contributed by atoms with van der Waals surface area (Å²) in [6.45, 7) is 3.03. The van der Waals surface area contributed by atoms with Crippen molar-refractivity contribution in [1.29, 1.82) is 0 Å². The number of hydrogen-bond donors (Lipinski definition) is 2. The number of para-hydroxylation sites is 1. The molecule has 21 heavy (non-hydrogen) atoms. The van der Waals surface area contributed by atoms with E-state index in [1.807, 2.05) is 30.0 Å². The molecule has 0 amide bonds. The van der Waals surface area contributed by atoms with Crippen molar-refractivity contribution < 1.29 is 9.84 Å². The Morgan fingerprint density at radius 1 is 1.43 bits per heavy atom. The number of aliphatic hydroxyl groups is 1. The minimum Gasteiger partial charge on any atom is -0.489 e. The lowest BCUT2D eigenvalue weighted by Crippen LogP contribution is -2.40. The maximum Gasteiger partial charge on any atom is 0.138 e. The first-order chi connectivity index (χ1) is 10.2. The summed E-state index contributed by atoms with van der Waals surface area (Å²) in [6.07, 6.45) is 3.24. The topological polar surface area (TPSA) is 41.5 Å². The van der Waals surface area contributed by atoms with Crippen LogP contribution in [0.1, 0.15) is 26.2 Å². The zero-order valence-corrected chi connectivity index (χ0v) is 14.0. The van der Waals surface area contributed by atoms with E-state index in [1.54, 1.807) is 6.07 Å². The fourth-order valence-corrected chi connectivity index (χ4v) is 4.08. The number of halogens is 1. The highest BCUT2D eigenvalue weighted by atomic mass is 35.5. The fraction of sp³-hybridized carbons (Fsp3) is 0.625. The second kappa shape index (κ2) is 8.89. The maximum atomic E-state index is 10.0. The standard InChI is InChI=1S/C16H24ClNO2S/c1-2-21-16-9-5-7-14(16)18-10-12(19)11-20-15-8-4-3-6-13(15)17/h3-4,6,8,12,14,16,18-19H,2,5,7,9-11H2,1H3. The Morgan fingerprint density at radius 3 is 3.00 bits per heavy atom. The Hall–Kier alpha value is -0.420. The predicted octanol–water partition coefficient (Wildman–Crippen LogP) is 3.34. The van der Waals surface area contributed by atoms with Gasteiger partial charge in [0.25, 0.3) is 0 Å². The first-order valence-corrected chi connectivity index (χ1v) is 9.03. The van der Waals surface area contributed by atoms with Crippen LogP contribution < -0.4 is 10.1 Å². The van der Waals surface area contributed by atoms with Crippen molar-refractivity contribution in [3.63, 3.8) is 0 Å². The summed E-state index contributed by atoms with van der Waals surface area (Å²) in [7, 11) is 0. The quantitative estimate of drug-likeness (QED) is 0.767. The van der Waals surface area contributed by atoms with Crippen LogP contribution in [-0.2, 0) is 0 Å². The second-order valence-corrected chi connectivity index (χ2v) is 7.26.